The minimum Gasteiger partial charge on any atom is -0.494 e. The molecule has 3 aromatic rings. The normalized spacial score (nSPS) is 14.4. The molecule has 0 fully saturated rings. The predicted octanol–water partition coefficient (Wildman–Crippen LogP) is 5.11. The van der Waals surface area contributed by atoms with Crippen LogP contribution in [0.15, 0.2) is 60.7 Å². The van der Waals surface area contributed by atoms with Crippen LogP contribution in [-0.4, -0.2) is 36.7 Å². The topological polar surface area (TPSA) is 94.1 Å². The zero-order chi connectivity index (χ0) is 24.8. The molecular formula is C28H29NO6. The van der Waals surface area contributed by atoms with Crippen molar-refractivity contribution in [2.24, 2.45) is 0 Å². The number of hydrogen-bond acceptors (Lipinski definition) is 5. The van der Waals surface area contributed by atoms with Gasteiger partial charge in [-0.05, 0) is 74.2 Å². The number of carbonyl (C=O) groups is 2. The fourth-order valence-corrected chi connectivity index (χ4v) is 4.12. The lowest BCUT2D eigenvalue weighted by atomic mass is 9.92. The Hall–Kier alpha value is -4.00. The molecule has 182 valence electrons. The maximum absolute atomic E-state index is 12.6. The summed E-state index contributed by atoms with van der Waals surface area (Å²) in [5, 5.41) is 12.4. The van der Waals surface area contributed by atoms with E-state index in [4.69, 9.17) is 14.2 Å². The Kier molecular flexibility index (Phi) is 7.55. The second-order valence-electron chi connectivity index (χ2n) is 8.36. The van der Waals surface area contributed by atoms with E-state index in [9.17, 15) is 14.7 Å². The Morgan fingerprint density at radius 2 is 1.86 bits per heavy atom. The fraction of sp³-hybridized carbons (Fsp3) is 0.286. The molecule has 0 spiro atoms. The van der Waals surface area contributed by atoms with Crippen LogP contribution in [0.3, 0.4) is 0 Å². The number of carboxylic acids is 1. The van der Waals surface area contributed by atoms with Crippen LogP contribution in [0.2, 0.25) is 0 Å². The van der Waals surface area contributed by atoms with E-state index in [1.54, 1.807) is 30.3 Å². The monoisotopic (exact) mass is 475 g/mol. The number of rotatable bonds is 9. The van der Waals surface area contributed by atoms with E-state index in [0.29, 0.717) is 61.0 Å². The molecule has 7 heteroatoms. The van der Waals surface area contributed by atoms with E-state index in [1.165, 1.54) is 0 Å². The van der Waals surface area contributed by atoms with Gasteiger partial charge in [-0.3, -0.25) is 9.59 Å². The van der Waals surface area contributed by atoms with Gasteiger partial charge in [0, 0.05) is 23.7 Å². The molecule has 1 atom stereocenters. The largest absolute Gasteiger partial charge is 0.494 e. The highest BCUT2D eigenvalue weighted by atomic mass is 16.5. The molecule has 0 bridgehead atoms. The molecule has 0 radical (unpaired) electrons. The number of aryl methyl sites for hydroxylation is 1. The lowest BCUT2D eigenvalue weighted by molar-refractivity contribution is -0.139. The van der Waals surface area contributed by atoms with Crippen LogP contribution in [-0.2, 0) is 11.2 Å². The Bertz CT molecular complexity index is 1200. The number of carbonyl (C=O) groups excluding carboxylic acids is 1. The summed E-state index contributed by atoms with van der Waals surface area (Å²) in [7, 11) is 0. The summed E-state index contributed by atoms with van der Waals surface area (Å²) in [6.07, 6.45) is 1.12. The number of fused-ring (bicyclic) bond motifs is 1. The average Bonchev–Trinajstić information content (AvgIpc) is 2.85. The van der Waals surface area contributed by atoms with Gasteiger partial charge < -0.3 is 24.6 Å². The van der Waals surface area contributed by atoms with Gasteiger partial charge in [0.25, 0.3) is 5.91 Å². The van der Waals surface area contributed by atoms with Crippen LogP contribution < -0.4 is 19.5 Å². The van der Waals surface area contributed by atoms with Gasteiger partial charge in [-0.2, -0.15) is 0 Å². The molecule has 3 aromatic carbocycles. The van der Waals surface area contributed by atoms with Gasteiger partial charge in [0.2, 0.25) is 0 Å². The predicted molar refractivity (Wildman–Crippen MR) is 132 cm³/mol. The van der Waals surface area contributed by atoms with Crippen molar-refractivity contribution in [1.29, 1.82) is 0 Å². The van der Waals surface area contributed by atoms with Gasteiger partial charge in [-0.25, -0.2) is 0 Å². The number of benzene rings is 3. The molecule has 7 nitrogen and oxygen atoms in total. The second-order valence-corrected chi connectivity index (χ2v) is 8.36. The van der Waals surface area contributed by atoms with Crippen molar-refractivity contribution in [3.05, 3.63) is 82.9 Å². The molecule has 1 aliphatic rings. The van der Waals surface area contributed by atoms with Crippen LogP contribution in [0.5, 0.6) is 23.0 Å². The molecule has 1 heterocycles. The molecule has 4 rings (SSSR count). The first-order valence-electron chi connectivity index (χ1n) is 11.7. The molecule has 0 saturated carbocycles. The summed E-state index contributed by atoms with van der Waals surface area (Å²) in [6.45, 7) is 5.26. The van der Waals surface area contributed by atoms with Crippen LogP contribution in [0, 0.1) is 6.92 Å². The van der Waals surface area contributed by atoms with E-state index in [-0.39, 0.29) is 5.91 Å². The lowest BCUT2D eigenvalue weighted by Gasteiger charge is -2.24. The quantitative estimate of drug-likeness (QED) is 0.447. The Morgan fingerprint density at radius 3 is 2.60 bits per heavy atom. The molecule has 1 aliphatic heterocycles. The van der Waals surface area contributed by atoms with Crippen molar-refractivity contribution in [3.63, 3.8) is 0 Å². The highest BCUT2D eigenvalue weighted by Crippen LogP contribution is 2.39. The molecular weight excluding hydrogens is 446 g/mol. The zero-order valence-electron chi connectivity index (χ0n) is 19.9. The molecule has 0 aromatic heterocycles. The van der Waals surface area contributed by atoms with Crippen molar-refractivity contribution < 1.29 is 28.9 Å². The second kappa shape index (κ2) is 11.0. The van der Waals surface area contributed by atoms with Crippen molar-refractivity contribution in [3.8, 4) is 23.0 Å². The van der Waals surface area contributed by atoms with Crippen molar-refractivity contribution in [2.45, 2.75) is 32.6 Å². The summed E-state index contributed by atoms with van der Waals surface area (Å²) in [5.74, 6) is 0.939. The Morgan fingerprint density at radius 1 is 1.09 bits per heavy atom. The standard InChI is InChI=1S/C28H29NO6/c1-3-33-24-7-5-4-6-19(24)12-14-29-27(30)20-8-10-21(11-9-20)35-25-17-26-23(16-18(25)2)22(28(31)32)13-15-34-26/h4-11,16-17,22H,3,12-15H2,1-2H3,(H,29,30)(H,31,32). The number of para-hydroxylation sites is 1. The average molecular weight is 476 g/mol. The van der Waals surface area contributed by atoms with Crippen LogP contribution in [0.25, 0.3) is 0 Å². The van der Waals surface area contributed by atoms with E-state index in [1.807, 2.05) is 44.2 Å². The van der Waals surface area contributed by atoms with E-state index < -0.39 is 11.9 Å². The van der Waals surface area contributed by atoms with Crippen LogP contribution in [0.4, 0.5) is 0 Å². The maximum atomic E-state index is 12.6. The third-order valence-corrected chi connectivity index (χ3v) is 5.94. The Balaban J connectivity index is 1.37. The smallest absolute Gasteiger partial charge is 0.311 e. The SMILES string of the molecule is CCOc1ccccc1CCNC(=O)c1ccc(Oc2cc3c(cc2C)C(C(=O)O)CCO3)cc1. The van der Waals surface area contributed by atoms with E-state index in [0.717, 1.165) is 16.9 Å². The molecule has 0 saturated heterocycles. The minimum absolute atomic E-state index is 0.163. The van der Waals surface area contributed by atoms with Gasteiger partial charge in [-0.1, -0.05) is 18.2 Å². The van der Waals surface area contributed by atoms with Gasteiger partial charge >= 0.3 is 5.97 Å². The summed E-state index contributed by atoms with van der Waals surface area (Å²) in [6, 6.07) is 18.3. The summed E-state index contributed by atoms with van der Waals surface area (Å²) in [4.78, 5) is 24.1. The first-order valence-corrected chi connectivity index (χ1v) is 11.7. The summed E-state index contributed by atoms with van der Waals surface area (Å²) < 4.78 is 17.3. The zero-order valence-corrected chi connectivity index (χ0v) is 19.9. The number of ether oxygens (including phenoxy) is 3. The maximum Gasteiger partial charge on any atom is 0.311 e. The molecule has 35 heavy (non-hydrogen) atoms. The lowest BCUT2D eigenvalue weighted by Crippen LogP contribution is -2.25. The Labute approximate surface area is 204 Å². The third-order valence-electron chi connectivity index (χ3n) is 5.94. The first kappa shape index (κ1) is 24.1. The van der Waals surface area contributed by atoms with Gasteiger partial charge in [0.15, 0.2) is 0 Å². The number of nitrogens with one attached hydrogen (secondary N) is 1. The first-order chi connectivity index (χ1) is 17.0. The minimum atomic E-state index is -0.852. The van der Waals surface area contributed by atoms with Crippen molar-refractivity contribution in [2.75, 3.05) is 19.8 Å². The number of carboxylic acid groups (broad SMARTS) is 1. The summed E-state index contributed by atoms with van der Waals surface area (Å²) >= 11 is 0. The van der Waals surface area contributed by atoms with Crippen LogP contribution in [0.1, 0.15) is 46.3 Å². The highest BCUT2D eigenvalue weighted by Gasteiger charge is 2.28. The van der Waals surface area contributed by atoms with Crippen molar-refractivity contribution >= 4 is 11.9 Å². The molecule has 1 amide bonds. The van der Waals surface area contributed by atoms with Crippen molar-refractivity contribution in [1.82, 2.24) is 5.32 Å². The third kappa shape index (κ3) is 5.74. The molecule has 2 N–H and O–H groups in total. The molecule has 1 unspecified atom stereocenters. The number of amides is 1. The van der Waals surface area contributed by atoms with E-state index >= 15 is 0 Å². The fourth-order valence-electron chi connectivity index (χ4n) is 4.12. The van der Waals surface area contributed by atoms with Gasteiger partial charge in [0.1, 0.15) is 23.0 Å². The van der Waals surface area contributed by atoms with E-state index in [2.05, 4.69) is 5.32 Å². The van der Waals surface area contributed by atoms with Gasteiger partial charge in [0.05, 0.1) is 19.1 Å². The molecule has 0 aliphatic carbocycles. The van der Waals surface area contributed by atoms with Gasteiger partial charge in [-0.15, -0.1) is 0 Å². The van der Waals surface area contributed by atoms with Crippen LogP contribution >= 0.6 is 0 Å². The number of aliphatic carboxylic acids is 1. The summed E-state index contributed by atoms with van der Waals surface area (Å²) in [5.41, 5.74) is 3.07. The highest BCUT2D eigenvalue weighted by molar-refractivity contribution is 5.94. The number of hydrogen-bond donors (Lipinski definition) is 2.